The summed E-state index contributed by atoms with van der Waals surface area (Å²) in [5.41, 5.74) is 3.28. The van der Waals surface area contributed by atoms with Gasteiger partial charge in [0.05, 0.1) is 18.3 Å². The molecule has 0 saturated carbocycles. The van der Waals surface area contributed by atoms with Crippen LogP contribution in [0, 0.1) is 0 Å². The largest absolute Gasteiger partial charge is 0.462 e. The molecule has 0 amide bonds. The Morgan fingerprint density at radius 1 is 1.17 bits per heavy atom. The minimum atomic E-state index is -0.441. The normalized spacial score (nSPS) is 11.8. The molecule has 128 valence electrons. The predicted octanol–water partition coefficient (Wildman–Crippen LogP) is 4.31. The topological polar surface area (TPSA) is 58.6 Å². The summed E-state index contributed by atoms with van der Waals surface area (Å²) in [6.07, 6.45) is 1.24. The first-order valence-electron chi connectivity index (χ1n) is 8.42. The van der Waals surface area contributed by atoms with Gasteiger partial charge >= 0.3 is 5.97 Å². The third-order valence-electron chi connectivity index (χ3n) is 3.83. The molecule has 0 aliphatic rings. The maximum absolute atomic E-state index is 12.0. The first-order chi connectivity index (χ1) is 11.7. The summed E-state index contributed by atoms with van der Waals surface area (Å²) in [7, 11) is 0. The van der Waals surface area contributed by atoms with E-state index < -0.39 is 6.10 Å². The van der Waals surface area contributed by atoms with Crippen molar-refractivity contribution in [2.75, 3.05) is 11.9 Å². The lowest BCUT2D eigenvalue weighted by Crippen LogP contribution is -2.10. The molecule has 0 fully saturated rings. The molecule has 0 radical (unpaired) electrons. The van der Waals surface area contributed by atoms with Crippen LogP contribution < -0.4 is 5.32 Å². The SMILES string of the molecule is CCCC(O)c1cccc(NCc2ccccc2C(=O)OCC)c1. The molecule has 0 saturated heterocycles. The van der Waals surface area contributed by atoms with Crippen molar-refractivity contribution in [3.63, 3.8) is 0 Å². The standard InChI is InChI=1S/C20H25NO3/c1-3-8-19(22)15-10-7-11-17(13-15)21-14-16-9-5-6-12-18(16)20(23)24-4-2/h5-7,9-13,19,21-22H,3-4,8,14H2,1-2H3. The third-order valence-corrected chi connectivity index (χ3v) is 3.83. The third kappa shape index (κ3) is 4.83. The van der Waals surface area contributed by atoms with E-state index in [9.17, 15) is 9.90 Å². The first-order valence-corrected chi connectivity index (χ1v) is 8.42. The maximum atomic E-state index is 12.0. The quantitative estimate of drug-likeness (QED) is 0.709. The van der Waals surface area contributed by atoms with Crippen LogP contribution in [0.2, 0.25) is 0 Å². The summed E-state index contributed by atoms with van der Waals surface area (Å²) < 4.78 is 5.10. The van der Waals surface area contributed by atoms with Crippen molar-refractivity contribution in [3.8, 4) is 0 Å². The molecule has 1 unspecified atom stereocenters. The molecule has 2 aromatic rings. The zero-order chi connectivity index (χ0) is 17.4. The van der Waals surface area contributed by atoms with E-state index in [4.69, 9.17) is 4.74 Å². The van der Waals surface area contributed by atoms with E-state index in [0.717, 1.165) is 29.7 Å². The van der Waals surface area contributed by atoms with Gasteiger partial charge in [-0.05, 0) is 42.7 Å². The van der Waals surface area contributed by atoms with E-state index >= 15 is 0 Å². The zero-order valence-electron chi connectivity index (χ0n) is 14.3. The van der Waals surface area contributed by atoms with Crippen LogP contribution in [0.1, 0.15) is 54.3 Å². The van der Waals surface area contributed by atoms with Gasteiger partial charge in [-0.25, -0.2) is 4.79 Å². The van der Waals surface area contributed by atoms with E-state index in [2.05, 4.69) is 12.2 Å². The number of ether oxygens (including phenoxy) is 1. The number of hydrogen-bond acceptors (Lipinski definition) is 4. The van der Waals surface area contributed by atoms with Crippen LogP contribution in [-0.2, 0) is 11.3 Å². The van der Waals surface area contributed by atoms with Gasteiger partial charge in [0.1, 0.15) is 0 Å². The molecule has 2 N–H and O–H groups in total. The number of carbonyl (C=O) groups is 1. The number of nitrogens with one attached hydrogen (secondary N) is 1. The summed E-state index contributed by atoms with van der Waals surface area (Å²) in [6, 6.07) is 15.2. The molecule has 1 atom stereocenters. The second kappa shape index (κ2) is 9.08. The highest BCUT2D eigenvalue weighted by Gasteiger charge is 2.12. The molecule has 4 nitrogen and oxygen atoms in total. The van der Waals surface area contributed by atoms with Crippen LogP contribution >= 0.6 is 0 Å². The monoisotopic (exact) mass is 327 g/mol. The Labute approximate surface area is 143 Å². The number of anilines is 1. The van der Waals surface area contributed by atoms with Gasteiger partial charge in [-0.1, -0.05) is 43.7 Å². The molecule has 2 rings (SSSR count). The molecule has 0 heterocycles. The zero-order valence-corrected chi connectivity index (χ0v) is 14.3. The van der Waals surface area contributed by atoms with E-state index in [0.29, 0.717) is 18.7 Å². The van der Waals surface area contributed by atoms with Crippen molar-refractivity contribution < 1.29 is 14.6 Å². The Balaban J connectivity index is 2.09. The molecule has 0 aliphatic carbocycles. The summed E-state index contributed by atoms with van der Waals surface area (Å²) >= 11 is 0. The van der Waals surface area contributed by atoms with Crippen LogP contribution in [0.15, 0.2) is 48.5 Å². The second-order valence-corrected chi connectivity index (χ2v) is 5.66. The van der Waals surface area contributed by atoms with Gasteiger partial charge in [-0.3, -0.25) is 0 Å². The summed E-state index contributed by atoms with van der Waals surface area (Å²) in [5.74, 6) is -0.304. The Morgan fingerprint density at radius 2 is 1.96 bits per heavy atom. The minimum absolute atomic E-state index is 0.304. The van der Waals surface area contributed by atoms with Crippen molar-refractivity contribution in [2.24, 2.45) is 0 Å². The van der Waals surface area contributed by atoms with E-state index in [-0.39, 0.29) is 5.97 Å². The average Bonchev–Trinajstić information content (AvgIpc) is 2.61. The van der Waals surface area contributed by atoms with Crippen molar-refractivity contribution >= 4 is 11.7 Å². The first kappa shape index (κ1) is 18.0. The van der Waals surface area contributed by atoms with Crippen molar-refractivity contribution in [3.05, 3.63) is 65.2 Å². The van der Waals surface area contributed by atoms with E-state index in [1.165, 1.54) is 0 Å². The van der Waals surface area contributed by atoms with Gasteiger partial charge in [-0.2, -0.15) is 0 Å². The highest BCUT2D eigenvalue weighted by Crippen LogP contribution is 2.22. The molecule has 0 aromatic heterocycles. The molecule has 0 bridgehead atoms. The smallest absolute Gasteiger partial charge is 0.338 e. The predicted molar refractivity (Wildman–Crippen MR) is 96.0 cm³/mol. The van der Waals surface area contributed by atoms with Crippen molar-refractivity contribution in [1.82, 2.24) is 0 Å². The van der Waals surface area contributed by atoms with Crippen LogP contribution in [0.25, 0.3) is 0 Å². The molecule has 2 aromatic carbocycles. The number of rotatable bonds is 8. The lowest BCUT2D eigenvalue weighted by atomic mass is 10.0. The van der Waals surface area contributed by atoms with Gasteiger partial charge < -0.3 is 15.2 Å². The lowest BCUT2D eigenvalue weighted by Gasteiger charge is -2.14. The molecule has 24 heavy (non-hydrogen) atoms. The van der Waals surface area contributed by atoms with Crippen LogP contribution in [-0.4, -0.2) is 17.7 Å². The highest BCUT2D eigenvalue weighted by molar-refractivity contribution is 5.91. The fourth-order valence-electron chi connectivity index (χ4n) is 2.58. The van der Waals surface area contributed by atoms with Gasteiger partial charge in [-0.15, -0.1) is 0 Å². The van der Waals surface area contributed by atoms with E-state index in [1.807, 2.05) is 42.5 Å². The lowest BCUT2D eigenvalue weighted by molar-refractivity contribution is 0.0525. The van der Waals surface area contributed by atoms with Gasteiger partial charge in [0.25, 0.3) is 0 Å². The van der Waals surface area contributed by atoms with Crippen LogP contribution in [0.3, 0.4) is 0 Å². The molecule has 4 heteroatoms. The summed E-state index contributed by atoms with van der Waals surface area (Å²) in [4.78, 5) is 12.0. The molecule has 0 aliphatic heterocycles. The van der Waals surface area contributed by atoms with Gasteiger partial charge in [0.2, 0.25) is 0 Å². The Morgan fingerprint density at radius 3 is 2.71 bits per heavy atom. The Hall–Kier alpha value is -2.33. The van der Waals surface area contributed by atoms with Crippen LogP contribution in [0.5, 0.6) is 0 Å². The van der Waals surface area contributed by atoms with Crippen LogP contribution in [0.4, 0.5) is 5.69 Å². The Bertz CT molecular complexity index is 669. The van der Waals surface area contributed by atoms with Crippen molar-refractivity contribution in [1.29, 1.82) is 0 Å². The van der Waals surface area contributed by atoms with Gasteiger partial charge in [0.15, 0.2) is 0 Å². The Kier molecular flexibility index (Phi) is 6.82. The van der Waals surface area contributed by atoms with E-state index in [1.54, 1.807) is 13.0 Å². The fraction of sp³-hybridized carbons (Fsp3) is 0.350. The number of benzene rings is 2. The maximum Gasteiger partial charge on any atom is 0.338 e. The number of carbonyl (C=O) groups excluding carboxylic acids is 1. The minimum Gasteiger partial charge on any atom is -0.462 e. The highest BCUT2D eigenvalue weighted by atomic mass is 16.5. The van der Waals surface area contributed by atoms with Crippen molar-refractivity contribution in [2.45, 2.75) is 39.3 Å². The van der Waals surface area contributed by atoms with Gasteiger partial charge in [0, 0.05) is 12.2 Å². The summed E-state index contributed by atoms with van der Waals surface area (Å²) in [5, 5.41) is 13.4. The number of aliphatic hydroxyl groups excluding tert-OH is 1. The number of esters is 1. The fourth-order valence-corrected chi connectivity index (χ4v) is 2.58. The number of hydrogen-bond donors (Lipinski definition) is 2. The summed E-state index contributed by atoms with van der Waals surface area (Å²) in [6.45, 7) is 4.73. The second-order valence-electron chi connectivity index (χ2n) is 5.66. The molecular formula is C20H25NO3. The average molecular weight is 327 g/mol. The molecular weight excluding hydrogens is 302 g/mol. The molecule has 0 spiro atoms. The number of aliphatic hydroxyl groups is 1.